The molecule has 0 aromatic heterocycles. The van der Waals surface area contributed by atoms with Gasteiger partial charge in [0.2, 0.25) is 0 Å². The first kappa shape index (κ1) is 17.7. The van der Waals surface area contributed by atoms with E-state index in [0.717, 1.165) is 5.92 Å². The van der Waals surface area contributed by atoms with Crippen molar-refractivity contribution in [2.75, 3.05) is 33.2 Å². The van der Waals surface area contributed by atoms with Crippen molar-refractivity contribution in [2.24, 2.45) is 5.92 Å². The number of fused-ring (bicyclic) bond motifs is 3. The lowest BCUT2D eigenvalue weighted by Gasteiger charge is -2.44. The Hall–Kier alpha value is -1.16. The fourth-order valence-corrected chi connectivity index (χ4v) is 4.82. The van der Waals surface area contributed by atoms with E-state index in [1.54, 1.807) is 0 Å². The van der Waals surface area contributed by atoms with E-state index >= 15 is 0 Å². The largest absolute Gasteiger partial charge is 0.412 e. The third-order valence-corrected chi connectivity index (χ3v) is 6.32. The van der Waals surface area contributed by atoms with E-state index in [4.69, 9.17) is 0 Å². The molecule has 1 heterocycles. The summed E-state index contributed by atoms with van der Waals surface area (Å²) in [6.07, 6.45) is 8.28. The van der Waals surface area contributed by atoms with Crippen LogP contribution in [-0.2, 0) is 6.42 Å². The van der Waals surface area contributed by atoms with E-state index in [2.05, 4.69) is 47.2 Å². The van der Waals surface area contributed by atoms with Crippen LogP contribution in [0.4, 0.5) is 0 Å². The number of piperazine rings is 1. The lowest BCUT2D eigenvalue weighted by Crippen LogP contribution is -2.51. The maximum atomic E-state index is 2.79. The number of rotatable bonds is 4. The van der Waals surface area contributed by atoms with Gasteiger partial charge in [-0.15, -0.1) is 0 Å². The van der Waals surface area contributed by atoms with Crippen LogP contribution in [0.5, 0.6) is 0 Å². The Labute approximate surface area is 146 Å². The van der Waals surface area contributed by atoms with E-state index < -0.39 is 0 Å². The molecule has 5 rings (SSSR count). The van der Waals surface area contributed by atoms with Crippen LogP contribution in [0, 0.1) is 5.92 Å². The second-order valence-electron chi connectivity index (χ2n) is 7.82. The van der Waals surface area contributed by atoms with Gasteiger partial charge in [-0.25, -0.2) is 0 Å². The van der Waals surface area contributed by atoms with Gasteiger partial charge in [-0.05, 0) is 57.1 Å². The molecular formula is C21H32N2O. The average Bonchev–Trinajstić information content (AvgIpc) is 2.62. The number of allylic oxidation sites excluding steroid dienone is 1. The Kier molecular flexibility index (Phi) is 5.75. The molecule has 2 bridgehead atoms. The van der Waals surface area contributed by atoms with Gasteiger partial charge in [0.25, 0.3) is 0 Å². The second-order valence-corrected chi connectivity index (χ2v) is 7.82. The Morgan fingerprint density at radius 1 is 1.00 bits per heavy atom. The minimum absolute atomic E-state index is 0. The number of hydrogen-bond acceptors (Lipinski definition) is 2. The molecule has 1 saturated heterocycles. The summed E-state index contributed by atoms with van der Waals surface area (Å²) in [5, 5.41) is 0. The molecule has 3 heteroatoms. The first-order chi connectivity index (χ1) is 11.3. The van der Waals surface area contributed by atoms with E-state index in [9.17, 15) is 0 Å². The lowest BCUT2D eigenvalue weighted by atomic mass is 9.70. The molecule has 1 aliphatic heterocycles. The van der Waals surface area contributed by atoms with Crippen LogP contribution >= 0.6 is 0 Å². The van der Waals surface area contributed by atoms with Crippen LogP contribution < -0.4 is 0 Å². The standard InChI is InChI=1S/C21H30N2.H2O/c1-22-11-13-23(14-12-22)21(16-17-5-3-2-4-6-17)20-15-18-7-9-19(20)10-8-18;/h2-6,18,21H,7-16H2,1H3;1H2. The predicted molar refractivity (Wildman–Crippen MR) is 100 cm³/mol. The monoisotopic (exact) mass is 328 g/mol. The van der Waals surface area contributed by atoms with Crippen molar-refractivity contribution in [1.82, 2.24) is 9.80 Å². The van der Waals surface area contributed by atoms with Gasteiger partial charge in [0, 0.05) is 32.2 Å². The number of nitrogens with zero attached hydrogens (tertiary/aromatic N) is 2. The van der Waals surface area contributed by atoms with Crippen molar-refractivity contribution >= 4 is 0 Å². The van der Waals surface area contributed by atoms with Crippen LogP contribution in [0.3, 0.4) is 0 Å². The van der Waals surface area contributed by atoms with Gasteiger partial charge >= 0.3 is 0 Å². The number of benzene rings is 1. The van der Waals surface area contributed by atoms with Gasteiger partial charge in [-0.3, -0.25) is 4.90 Å². The van der Waals surface area contributed by atoms with E-state index in [0.29, 0.717) is 6.04 Å². The number of likely N-dealkylation sites (N-methyl/N-ethyl adjacent to an activating group) is 1. The smallest absolute Gasteiger partial charge is 0.0351 e. The lowest BCUT2D eigenvalue weighted by molar-refractivity contribution is 0.119. The molecule has 0 radical (unpaired) electrons. The van der Waals surface area contributed by atoms with Crippen molar-refractivity contribution in [2.45, 2.75) is 44.6 Å². The minimum atomic E-state index is 0. The Morgan fingerprint density at radius 3 is 2.25 bits per heavy atom. The van der Waals surface area contributed by atoms with Crippen LogP contribution in [0.1, 0.15) is 37.7 Å². The van der Waals surface area contributed by atoms with Crippen molar-refractivity contribution in [3.05, 3.63) is 47.0 Å². The predicted octanol–water partition coefficient (Wildman–Crippen LogP) is 2.91. The van der Waals surface area contributed by atoms with E-state index in [-0.39, 0.29) is 5.48 Å². The van der Waals surface area contributed by atoms with Crippen LogP contribution in [0.15, 0.2) is 41.5 Å². The van der Waals surface area contributed by atoms with Crippen LogP contribution in [0.25, 0.3) is 0 Å². The summed E-state index contributed by atoms with van der Waals surface area (Å²) in [6.45, 7) is 4.90. The van der Waals surface area contributed by atoms with Gasteiger partial charge in [0.15, 0.2) is 0 Å². The third kappa shape index (κ3) is 3.74. The molecule has 3 nitrogen and oxygen atoms in total. The molecule has 2 N–H and O–H groups in total. The molecule has 4 aliphatic rings. The van der Waals surface area contributed by atoms with Gasteiger partial charge in [-0.1, -0.05) is 41.5 Å². The molecule has 0 amide bonds. The fraction of sp³-hybridized carbons (Fsp3) is 0.619. The quantitative estimate of drug-likeness (QED) is 0.797. The SMILES string of the molecule is CN1CCN(C(Cc2ccccc2)C2=C3CCC(CC3)C2)CC1.O. The molecule has 1 saturated carbocycles. The number of hydrogen-bond donors (Lipinski definition) is 0. The van der Waals surface area contributed by atoms with Gasteiger partial charge in [0.1, 0.15) is 0 Å². The Balaban J connectivity index is 0.00000169. The highest BCUT2D eigenvalue weighted by molar-refractivity contribution is 5.29. The summed E-state index contributed by atoms with van der Waals surface area (Å²) in [7, 11) is 2.26. The average molecular weight is 329 g/mol. The molecule has 1 atom stereocenters. The van der Waals surface area contributed by atoms with Crippen molar-refractivity contribution < 1.29 is 5.48 Å². The second kappa shape index (κ2) is 7.81. The van der Waals surface area contributed by atoms with Crippen molar-refractivity contribution in [1.29, 1.82) is 0 Å². The first-order valence-electron chi connectivity index (χ1n) is 9.47. The third-order valence-electron chi connectivity index (χ3n) is 6.32. The van der Waals surface area contributed by atoms with Gasteiger partial charge < -0.3 is 10.4 Å². The summed E-state index contributed by atoms with van der Waals surface area (Å²) < 4.78 is 0. The zero-order valence-corrected chi connectivity index (χ0v) is 15.0. The van der Waals surface area contributed by atoms with Crippen molar-refractivity contribution in [3.8, 4) is 0 Å². The zero-order valence-electron chi connectivity index (χ0n) is 15.0. The molecule has 1 aromatic carbocycles. The van der Waals surface area contributed by atoms with Crippen molar-refractivity contribution in [3.63, 3.8) is 0 Å². The van der Waals surface area contributed by atoms with Crippen LogP contribution in [0.2, 0.25) is 0 Å². The fourth-order valence-electron chi connectivity index (χ4n) is 4.82. The van der Waals surface area contributed by atoms with Crippen LogP contribution in [-0.4, -0.2) is 54.5 Å². The highest BCUT2D eigenvalue weighted by Crippen LogP contribution is 2.43. The highest BCUT2D eigenvalue weighted by Gasteiger charge is 2.34. The minimum Gasteiger partial charge on any atom is -0.412 e. The summed E-state index contributed by atoms with van der Waals surface area (Å²) in [5.74, 6) is 0.980. The first-order valence-corrected chi connectivity index (χ1v) is 9.47. The maximum Gasteiger partial charge on any atom is 0.0351 e. The summed E-state index contributed by atoms with van der Waals surface area (Å²) >= 11 is 0. The Bertz CT molecular complexity index is 550. The van der Waals surface area contributed by atoms with E-state index in [1.165, 1.54) is 70.3 Å². The normalized spacial score (nSPS) is 24.0. The van der Waals surface area contributed by atoms with Gasteiger partial charge in [0.05, 0.1) is 0 Å². The summed E-state index contributed by atoms with van der Waals surface area (Å²) in [4.78, 5) is 5.26. The molecule has 0 spiro atoms. The Morgan fingerprint density at radius 2 is 1.67 bits per heavy atom. The zero-order chi connectivity index (χ0) is 15.6. The maximum absolute atomic E-state index is 2.79. The highest BCUT2D eigenvalue weighted by atomic mass is 16.0. The molecule has 1 aromatic rings. The van der Waals surface area contributed by atoms with E-state index in [1.807, 2.05) is 11.1 Å². The summed E-state index contributed by atoms with van der Waals surface area (Å²) in [6, 6.07) is 11.8. The molecule has 24 heavy (non-hydrogen) atoms. The topological polar surface area (TPSA) is 38.0 Å². The van der Waals surface area contributed by atoms with Gasteiger partial charge in [-0.2, -0.15) is 0 Å². The molecule has 132 valence electrons. The molecule has 3 aliphatic carbocycles. The molecular weight excluding hydrogens is 296 g/mol. The molecule has 2 fully saturated rings. The molecule has 1 unspecified atom stereocenters. The summed E-state index contributed by atoms with van der Waals surface area (Å²) in [5.41, 5.74) is 5.17.